The van der Waals surface area contributed by atoms with E-state index >= 15 is 0 Å². The van der Waals surface area contributed by atoms with E-state index in [1.165, 1.54) is 0 Å². The minimum atomic E-state index is -0.225. The molecule has 2 rings (SSSR count). The Bertz CT molecular complexity index is 716. The van der Waals surface area contributed by atoms with Crippen molar-refractivity contribution >= 4 is 11.9 Å². The summed E-state index contributed by atoms with van der Waals surface area (Å²) in [5.74, 6) is 1.02. The predicted molar refractivity (Wildman–Crippen MR) is 94.5 cm³/mol. The predicted octanol–water partition coefficient (Wildman–Crippen LogP) is 2.36. The maximum absolute atomic E-state index is 12.3. The van der Waals surface area contributed by atoms with E-state index in [0.717, 1.165) is 17.0 Å². The molecule has 0 saturated carbocycles. The van der Waals surface area contributed by atoms with Gasteiger partial charge in [0.1, 0.15) is 11.4 Å². The molecule has 0 atom stereocenters. The number of hydrogen-bond acceptors (Lipinski definition) is 5. The lowest BCUT2D eigenvalue weighted by Gasteiger charge is -2.10. The van der Waals surface area contributed by atoms with Crippen molar-refractivity contribution in [2.45, 2.75) is 13.3 Å². The Morgan fingerprint density at radius 2 is 2.12 bits per heavy atom. The van der Waals surface area contributed by atoms with Gasteiger partial charge in [-0.3, -0.25) is 4.79 Å². The minimum absolute atomic E-state index is 0.225. The van der Waals surface area contributed by atoms with E-state index in [-0.39, 0.29) is 5.91 Å². The van der Waals surface area contributed by atoms with Crippen molar-refractivity contribution in [2.75, 3.05) is 25.5 Å². The highest BCUT2D eigenvalue weighted by Gasteiger charge is 2.10. The van der Waals surface area contributed by atoms with Gasteiger partial charge in [0.15, 0.2) is 0 Å². The summed E-state index contributed by atoms with van der Waals surface area (Å²) in [6.45, 7) is 6.50. The van der Waals surface area contributed by atoms with Crippen LogP contribution in [0, 0.1) is 6.92 Å². The summed E-state index contributed by atoms with van der Waals surface area (Å²) < 4.78 is 5.31. The number of benzene rings is 1. The summed E-state index contributed by atoms with van der Waals surface area (Å²) in [6.07, 6.45) is 2.39. The average molecular weight is 326 g/mol. The van der Waals surface area contributed by atoms with E-state index in [1.54, 1.807) is 19.3 Å². The molecule has 0 unspecified atom stereocenters. The van der Waals surface area contributed by atoms with E-state index in [9.17, 15) is 4.79 Å². The van der Waals surface area contributed by atoms with Crippen molar-refractivity contribution in [3.8, 4) is 5.75 Å². The van der Waals surface area contributed by atoms with Gasteiger partial charge in [0.05, 0.1) is 7.11 Å². The maximum atomic E-state index is 12.3. The van der Waals surface area contributed by atoms with Crippen LogP contribution in [0.3, 0.4) is 0 Å². The van der Waals surface area contributed by atoms with Crippen molar-refractivity contribution in [1.29, 1.82) is 0 Å². The number of nitrogens with zero attached hydrogens (tertiary/aromatic N) is 2. The molecule has 0 aliphatic rings. The van der Waals surface area contributed by atoms with Crippen LogP contribution >= 0.6 is 0 Å². The van der Waals surface area contributed by atoms with Crippen molar-refractivity contribution < 1.29 is 9.53 Å². The van der Waals surface area contributed by atoms with Crippen LogP contribution in [0.4, 0.5) is 5.95 Å². The Kier molecular flexibility index (Phi) is 6.31. The van der Waals surface area contributed by atoms with Crippen LogP contribution in [0.5, 0.6) is 5.75 Å². The highest BCUT2D eigenvalue weighted by molar-refractivity contribution is 5.92. The molecule has 6 heteroatoms. The number of methoxy groups -OCH3 is 1. The molecule has 0 bridgehead atoms. The smallest absolute Gasteiger partial charge is 0.270 e. The fourth-order valence-electron chi connectivity index (χ4n) is 2.24. The molecule has 0 spiro atoms. The first-order valence-electron chi connectivity index (χ1n) is 7.74. The average Bonchev–Trinajstić information content (AvgIpc) is 2.59. The molecular formula is C18H22N4O2. The molecule has 1 aromatic heterocycles. The summed E-state index contributed by atoms with van der Waals surface area (Å²) in [6, 6.07) is 9.42. The second-order valence-electron chi connectivity index (χ2n) is 5.21. The number of carbonyl (C=O) groups excluding carboxylic acids is 1. The van der Waals surface area contributed by atoms with Gasteiger partial charge in [-0.15, -0.1) is 6.58 Å². The molecule has 1 aromatic carbocycles. The zero-order chi connectivity index (χ0) is 17.4. The SMILES string of the molecule is C=CCNc1nc(C)cc(C(=O)NCCc2ccccc2OC)n1. The zero-order valence-electron chi connectivity index (χ0n) is 14.0. The first-order chi connectivity index (χ1) is 11.6. The van der Waals surface area contributed by atoms with Gasteiger partial charge in [0.25, 0.3) is 5.91 Å². The monoisotopic (exact) mass is 326 g/mol. The van der Waals surface area contributed by atoms with Crippen molar-refractivity contribution in [3.05, 3.63) is 59.9 Å². The molecule has 0 radical (unpaired) electrons. The third-order valence-electron chi connectivity index (χ3n) is 3.36. The van der Waals surface area contributed by atoms with Crippen molar-refractivity contribution in [2.24, 2.45) is 0 Å². The first-order valence-corrected chi connectivity index (χ1v) is 7.74. The van der Waals surface area contributed by atoms with Gasteiger partial charge < -0.3 is 15.4 Å². The van der Waals surface area contributed by atoms with Gasteiger partial charge in [0, 0.05) is 18.8 Å². The molecule has 0 fully saturated rings. The van der Waals surface area contributed by atoms with Crippen molar-refractivity contribution in [3.63, 3.8) is 0 Å². The van der Waals surface area contributed by atoms with Crippen LogP contribution in [0.25, 0.3) is 0 Å². The highest BCUT2D eigenvalue weighted by Crippen LogP contribution is 2.17. The van der Waals surface area contributed by atoms with Crippen LogP contribution in [0.1, 0.15) is 21.7 Å². The quantitative estimate of drug-likeness (QED) is 0.728. The number of para-hydroxylation sites is 1. The van der Waals surface area contributed by atoms with Crippen LogP contribution < -0.4 is 15.4 Å². The third kappa shape index (κ3) is 4.81. The molecule has 0 saturated heterocycles. The topological polar surface area (TPSA) is 76.1 Å². The van der Waals surface area contributed by atoms with E-state index in [2.05, 4.69) is 27.2 Å². The number of anilines is 1. The number of nitrogens with one attached hydrogen (secondary N) is 2. The second kappa shape index (κ2) is 8.67. The van der Waals surface area contributed by atoms with Gasteiger partial charge in [-0.1, -0.05) is 24.3 Å². The summed E-state index contributed by atoms with van der Waals surface area (Å²) in [4.78, 5) is 20.7. The Morgan fingerprint density at radius 1 is 1.33 bits per heavy atom. The molecule has 126 valence electrons. The number of carbonyl (C=O) groups is 1. The fraction of sp³-hybridized carbons (Fsp3) is 0.278. The van der Waals surface area contributed by atoms with E-state index in [0.29, 0.717) is 31.2 Å². The molecule has 2 N–H and O–H groups in total. The number of aryl methyl sites for hydroxylation is 1. The lowest BCUT2D eigenvalue weighted by Crippen LogP contribution is -2.27. The van der Waals surface area contributed by atoms with Gasteiger partial charge in [0.2, 0.25) is 5.95 Å². The molecule has 24 heavy (non-hydrogen) atoms. The van der Waals surface area contributed by atoms with E-state index in [4.69, 9.17) is 4.74 Å². The van der Waals surface area contributed by atoms with E-state index in [1.807, 2.05) is 31.2 Å². The summed E-state index contributed by atoms with van der Waals surface area (Å²) in [5.41, 5.74) is 2.12. The third-order valence-corrected chi connectivity index (χ3v) is 3.36. The van der Waals surface area contributed by atoms with Gasteiger partial charge >= 0.3 is 0 Å². The Balaban J connectivity index is 1.97. The molecule has 6 nitrogen and oxygen atoms in total. The van der Waals surface area contributed by atoms with Crippen LogP contribution in [0.15, 0.2) is 43.0 Å². The van der Waals surface area contributed by atoms with Crippen LogP contribution in [-0.4, -0.2) is 36.1 Å². The van der Waals surface area contributed by atoms with Crippen LogP contribution in [-0.2, 0) is 6.42 Å². The Labute approximate surface area is 142 Å². The zero-order valence-corrected chi connectivity index (χ0v) is 14.0. The number of ether oxygens (including phenoxy) is 1. The molecular weight excluding hydrogens is 304 g/mol. The minimum Gasteiger partial charge on any atom is -0.496 e. The maximum Gasteiger partial charge on any atom is 0.270 e. The number of amides is 1. The second-order valence-corrected chi connectivity index (χ2v) is 5.21. The number of rotatable bonds is 8. The molecule has 1 heterocycles. The fourth-order valence-corrected chi connectivity index (χ4v) is 2.24. The number of hydrogen-bond donors (Lipinski definition) is 2. The van der Waals surface area contributed by atoms with E-state index < -0.39 is 0 Å². The standard InChI is InChI=1S/C18H22N4O2/c1-4-10-20-18-21-13(2)12-15(22-18)17(23)19-11-9-14-7-5-6-8-16(14)24-3/h4-8,12H,1,9-11H2,2-3H3,(H,19,23)(H,20,21,22). The summed E-state index contributed by atoms with van der Waals surface area (Å²) in [7, 11) is 1.64. The van der Waals surface area contributed by atoms with Gasteiger partial charge in [-0.05, 0) is 31.0 Å². The van der Waals surface area contributed by atoms with Gasteiger partial charge in [-0.2, -0.15) is 0 Å². The van der Waals surface area contributed by atoms with Gasteiger partial charge in [-0.25, -0.2) is 9.97 Å². The molecule has 0 aliphatic heterocycles. The highest BCUT2D eigenvalue weighted by atomic mass is 16.5. The van der Waals surface area contributed by atoms with Crippen molar-refractivity contribution in [1.82, 2.24) is 15.3 Å². The normalized spacial score (nSPS) is 10.1. The lowest BCUT2D eigenvalue weighted by molar-refractivity contribution is 0.0949. The molecule has 0 aliphatic carbocycles. The van der Waals surface area contributed by atoms with Crippen LogP contribution in [0.2, 0.25) is 0 Å². The Morgan fingerprint density at radius 3 is 2.88 bits per heavy atom. The summed E-state index contributed by atoms with van der Waals surface area (Å²) >= 11 is 0. The number of aromatic nitrogens is 2. The largest absolute Gasteiger partial charge is 0.496 e. The summed E-state index contributed by atoms with van der Waals surface area (Å²) in [5, 5.41) is 5.87. The molecule has 1 amide bonds. The molecule has 2 aromatic rings. The lowest BCUT2D eigenvalue weighted by atomic mass is 10.1. The Hall–Kier alpha value is -2.89. The first kappa shape index (κ1) is 17.5.